The van der Waals surface area contributed by atoms with E-state index in [0.717, 1.165) is 31.5 Å². The molecule has 2 saturated heterocycles. The fourth-order valence-electron chi connectivity index (χ4n) is 3.28. The second-order valence-electron chi connectivity index (χ2n) is 5.85. The van der Waals surface area contributed by atoms with Crippen LogP contribution in [0.4, 0.5) is 0 Å². The molecule has 5 atom stereocenters. The molecule has 5 unspecified atom stereocenters. The smallest absolute Gasteiger partial charge is 0.0637 e. The molecular weight excluding hydrogens is 200 g/mol. The van der Waals surface area contributed by atoms with Crippen LogP contribution in [-0.4, -0.2) is 42.8 Å². The van der Waals surface area contributed by atoms with Crippen molar-refractivity contribution in [3.63, 3.8) is 0 Å². The van der Waals surface area contributed by atoms with Gasteiger partial charge in [0.2, 0.25) is 0 Å². The quantitative estimate of drug-likeness (QED) is 0.736. The van der Waals surface area contributed by atoms with Crippen LogP contribution in [0.2, 0.25) is 0 Å². The van der Waals surface area contributed by atoms with Crippen LogP contribution in [0.1, 0.15) is 33.6 Å². The van der Waals surface area contributed by atoms with Gasteiger partial charge < -0.3 is 10.5 Å². The summed E-state index contributed by atoms with van der Waals surface area (Å²) in [5.74, 6) is 1.57. The van der Waals surface area contributed by atoms with Crippen LogP contribution in [0.15, 0.2) is 0 Å². The molecule has 0 amide bonds. The molecule has 0 spiro atoms. The van der Waals surface area contributed by atoms with Crippen molar-refractivity contribution < 1.29 is 4.74 Å². The summed E-state index contributed by atoms with van der Waals surface area (Å²) in [6.45, 7) is 9.91. The van der Waals surface area contributed by atoms with E-state index in [9.17, 15) is 0 Å². The minimum atomic E-state index is 0.300. The van der Waals surface area contributed by atoms with Crippen LogP contribution in [-0.2, 0) is 4.74 Å². The Morgan fingerprint density at radius 3 is 2.69 bits per heavy atom. The van der Waals surface area contributed by atoms with E-state index in [1.165, 1.54) is 13.0 Å². The molecule has 3 heteroatoms. The van der Waals surface area contributed by atoms with Gasteiger partial charge in [0, 0.05) is 31.3 Å². The number of hydrogen-bond acceptors (Lipinski definition) is 3. The van der Waals surface area contributed by atoms with Crippen molar-refractivity contribution in [2.45, 2.75) is 51.7 Å². The summed E-state index contributed by atoms with van der Waals surface area (Å²) in [6, 6.07) is 1.39. The number of nitrogens with two attached hydrogens (primary N) is 1. The highest BCUT2D eigenvalue weighted by Gasteiger charge is 2.36. The zero-order chi connectivity index (χ0) is 11.7. The number of likely N-dealkylation sites (tertiary alicyclic amines) is 1. The lowest BCUT2D eigenvalue weighted by Crippen LogP contribution is -2.60. The van der Waals surface area contributed by atoms with Gasteiger partial charge in [0.25, 0.3) is 0 Å². The zero-order valence-electron chi connectivity index (χ0n) is 10.9. The second-order valence-corrected chi connectivity index (χ2v) is 5.85. The molecule has 0 aromatic heterocycles. The van der Waals surface area contributed by atoms with Crippen LogP contribution >= 0.6 is 0 Å². The van der Waals surface area contributed by atoms with Crippen LogP contribution in [0.3, 0.4) is 0 Å². The number of ether oxygens (including phenoxy) is 1. The van der Waals surface area contributed by atoms with E-state index in [-0.39, 0.29) is 0 Å². The Morgan fingerprint density at radius 2 is 2.00 bits per heavy atom. The highest BCUT2D eigenvalue weighted by atomic mass is 16.5. The molecule has 0 saturated carbocycles. The van der Waals surface area contributed by atoms with Gasteiger partial charge in [0.1, 0.15) is 0 Å². The molecule has 0 aliphatic carbocycles. The molecule has 16 heavy (non-hydrogen) atoms. The minimum absolute atomic E-state index is 0.300. The van der Waals surface area contributed by atoms with Gasteiger partial charge in [-0.05, 0) is 31.6 Å². The molecule has 0 bridgehead atoms. The number of nitrogens with zero attached hydrogens (tertiary/aromatic N) is 1. The highest BCUT2D eigenvalue weighted by molar-refractivity contribution is 4.92. The lowest BCUT2D eigenvalue weighted by molar-refractivity contribution is -0.0412. The Balaban J connectivity index is 2.05. The predicted molar refractivity (Wildman–Crippen MR) is 66.3 cm³/mol. The second kappa shape index (κ2) is 5.03. The maximum Gasteiger partial charge on any atom is 0.0637 e. The van der Waals surface area contributed by atoms with Crippen molar-refractivity contribution >= 4 is 0 Å². The first kappa shape index (κ1) is 12.3. The largest absolute Gasteiger partial charge is 0.380 e. The summed E-state index contributed by atoms with van der Waals surface area (Å²) in [6.07, 6.45) is 2.36. The summed E-state index contributed by atoms with van der Waals surface area (Å²) < 4.78 is 5.60. The Kier molecular flexibility index (Phi) is 3.88. The fraction of sp³-hybridized carbons (Fsp3) is 1.00. The van der Waals surface area contributed by atoms with E-state index in [2.05, 4.69) is 25.7 Å². The van der Waals surface area contributed by atoms with Gasteiger partial charge in [-0.2, -0.15) is 0 Å². The molecule has 2 rings (SSSR count). The lowest BCUT2D eigenvalue weighted by atomic mass is 9.84. The molecule has 0 aromatic carbocycles. The van der Waals surface area contributed by atoms with Crippen molar-refractivity contribution in [1.82, 2.24) is 4.90 Å². The van der Waals surface area contributed by atoms with Gasteiger partial charge in [-0.1, -0.05) is 13.8 Å². The van der Waals surface area contributed by atoms with Gasteiger partial charge in [0.15, 0.2) is 0 Å². The predicted octanol–water partition coefficient (Wildman–Crippen LogP) is 1.47. The van der Waals surface area contributed by atoms with Crippen molar-refractivity contribution in [3.05, 3.63) is 0 Å². The van der Waals surface area contributed by atoms with Gasteiger partial charge in [-0.25, -0.2) is 0 Å². The molecule has 2 N–H and O–H groups in total. The summed E-state index contributed by atoms with van der Waals surface area (Å²) in [5, 5.41) is 0. The van der Waals surface area contributed by atoms with Gasteiger partial charge in [-0.15, -0.1) is 0 Å². The monoisotopic (exact) mass is 226 g/mol. The molecule has 0 aromatic rings. The van der Waals surface area contributed by atoms with E-state index in [4.69, 9.17) is 10.5 Å². The minimum Gasteiger partial charge on any atom is -0.380 e. The Bertz CT molecular complexity index is 234. The molecular formula is C13H26N2O. The van der Waals surface area contributed by atoms with Crippen LogP contribution in [0.5, 0.6) is 0 Å². The van der Waals surface area contributed by atoms with Crippen molar-refractivity contribution in [2.75, 3.05) is 19.8 Å². The molecule has 2 aliphatic rings. The topological polar surface area (TPSA) is 38.5 Å². The van der Waals surface area contributed by atoms with Crippen molar-refractivity contribution in [2.24, 2.45) is 17.6 Å². The first-order chi connectivity index (χ1) is 7.59. The van der Waals surface area contributed by atoms with Crippen LogP contribution in [0, 0.1) is 11.8 Å². The molecule has 2 heterocycles. The summed E-state index contributed by atoms with van der Waals surface area (Å²) in [4.78, 5) is 2.60. The normalized spacial score (nSPS) is 46.9. The van der Waals surface area contributed by atoms with E-state index in [1.807, 2.05) is 0 Å². The maximum absolute atomic E-state index is 6.24. The average Bonchev–Trinajstić information content (AvgIpc) is 2.24. The lowest BCUT2D eigenvalue weighted by Gasteiger charge is -2.48. The fourth-order valence-corrected chi connectivity index (χ4v) is 3.28. The SMILES string of the molecule is CC1CC(C)C(C)N(C2COCCC2N)C1. The number of hydrogen-bond donors (Lipinski definition) is 1. The van der Waals surface area contributed by atoms with Crippen LogP contribution < -0.4 is 5.73 Å². The van der Waals surface area contributed by atoms with Gasteiger partial charge in [-0.3, -0.25) is 4.90 Å². The third kappa shape index (κ3) is 2.41. The van der Waals surface area contributed by atoms with E-state index >= 15 is 0 Å². The summed E-state index contributed by atoms with van der Waals surface area (Å²) >= 11 is 0. The molecule has 0 radical (unpaired) electrons. The van der Waals surface area contributed by atoms with Gasteiger partial charge >= 0.3 is 0 Å². The zero-order valence-corrected chi connectivity index (χ0v) is 10.9. The van der Waals surface area contributed by atoms with Gasteiger partial charge in [0.05, 0.1) is 6.61 Å². The summed E-state index contributed by atoms with van der Waals surface area (Å²) in [7, 11) is 0. The molecule has 2 fully saturated rings. The maximum atomic E-state index is 6.24. The third-order valence-corrected chi connectivity index (χ3v) is 4.45. The first-order valence-corrected chi connectivity index (χ1v) is 6.68. The van der Waals surface area contributed by atoms with E-state index in [1.54, 1.807) is 0 Å². The standard InChI is InChI=1S/C13H26N2O/c1-9-6-10(2)11(3)15(7-9)13-8-16-5-4-12(13)14/h9-13H,4-8,14H2,1-3H3. The molecule has 94 valence electrons. The molecule has 2 aliphatic heterocycles. The molecule has 3 nitrogen and oxygen atoms in total. The first-order valence-electron chi connectivity index (χ1n) is 6.68. The average molecular weight is 226 g/mol. The highest BCUT2D eigenvalue weighted by Crippen LogP contribution is 2.30. The Morgan fingerprint density at radius 1 is 1.25 bits per heavy atom. The van der Waals surface area contributed by atoms with Crippen LogP contribution in [0.25, 0.3) is 0 Å². The third-order valence-electron chi connectivity index (χ3n) is 4.45. The Hall–Kier alpha value is -0.120. The van der Waals surface area contributed by atoms with E-state index < -0.39 is 0 Å². The Labute approximate surface area is 99.3 Å². The van der Waals surface area contributed by atoms with E-state index in [0.29, 0.717) is 18.1 Å². The number of rotatable bonds is 1. The number of piperidine rings is 1. The summed E-state index contributed by atoms with van der Waals surface area (Å²) in [5.41, 5.74) is 6.24. The van der Waals surface area contributed by atoms with Crippen molar-refractivity contribution in [1.29, 1.82) is 0 Å². The van der Waals surface area contributed by atoms with Crippen molar-refractivity contribution in [3.8, 4) is 0 Å².